The highest BCUT2D eigenvalue weighted by atomic mass is 16.5. The zero-order valence-corrected chi connectivity index (χ0v) is 6.09. The Morgan fingerprint density at radius 1 is 1.70 bits per heavy atom. The van der Waals surface area contributed by atoms with Gasteiger partial charge in [0.15, 0.2) is 0 Å². The van der Waals surface area contributed by atoms with Gasteiger partial charge in [-0.3, -0.25) is 0 Å². The summed E-state index contributed by atoms with van der Waals surface area (Å²) < 4.78 is 4.75. The van der Waals surface area contributed by atoms with E-state index in [9.17, 15) is 4.79 Å². The molecule has 0 aliphatic carbocycles. The molecule has 0 radical (unpaired) electrons. The van der Waals surface area contributed by atoms with Crippen LogP contribution in [0.4, 0.5) is 0 Å². The monoisotopic (exact) mass is 144 g/mol. The van der Waals surface area contributed by atoms with Crippen molar-refractivity contribution in [3.63, 3.8) is 0 Å². The largest absolute Gasteiger partial charge is 0.480 e. The van der Waals surface area contributed by atoms with Crippen LogP contribution in [0.25, 0.3) is 0 Å². The molecule has 0 aromatic carbocycles. The maximum absolute atomic E-state index is 9.90. The van der Waals surface area contributed by atoms with E-state index >= 15 is 0 Å². The zero-order valence-electron chi connectivity index (χ0n) is 6.09. The van der Waals surface area contributed by atoms with E-state index in [2.05, 4.69) is 6.58 Å². The molecular weight excluding hydrogens is 132 g/mol. The standard InChI is InChI=1S/C7H12O3/c1-6(2)3-4-10-5-7(8)9/h1,3-5H2,2H3,(H,8,9). The Balaban J connectivity index is 3.06. The van der Waals surface area contributed by atoms with Crippen LogP contribution in [0.5, 0.6) is 0 Å². The molecule has 3 nitrogen and oxygen atoms in total. The van der Waals surface area contributed by atoms with Crippen molar-refractivity contribution in [2.24, 2.45) is 0 Å². The maximum Gasteiger partial charge on any atom is 0.329 e. The highest BCUT2D eigenvalue weighted by molar-refractivity contribution is 5.67. The first kappa shape index (κ1) is 9.17. The molecule has 0 fully saturated rings. The van der Waals surface area contributed by atoms with Crippen LogP contribution in [-0.4, -0.2) is 24.3 Å². The minimum absolute atomic E-state index is 0.215. The van der Waals surface area contributed by atoms with Crippen LogP contribution in [0.2, 0.25) is 0 Å². The first-order valence-electron chi connectivity index (χ1n) is 3.07. The lowest BCUT2D eigenvalue weighted by molar-refractivity contribution is -0.142. The molecule has 0 aromatic heterocycles. The van der Waals surface area contributed by atoms with Crippen LogP contribution in [0, 0.1) is 0 Å². The van der Waals surface area contributed by atoms with E-state index in [0.717, 1.165) is 12.0 Å². The molecule has 3 heteroatoms. The van der Waals surface area contributed by atoms with Gasteiger partial charge in [0.05, 0.1) is 6.61 Å². The number of carboxylic acid groups (broad SMARTS) is 1. The van der Waals surface area contributed by atoms with Crippen LogP contribution in [-0.2, 0) is 9.53 Å². The number of aliphatic carboxylic acids is 1. The molecule has 0 atom stereocenters. The third-order valence-corrected chi connectivity index (χ3v) is 0.899. The van der Waals surface area contributed by atoms with Crippen molar-refractivity contribution in [3.8, 4) is 0 Å². The van der Waals surface area contributed by atoms with Gasteiger partial charge in [-0.25, -0.2) is 4.79 Å². The topological polar surface area (TPSA) is 46.5 Å². The van der Waals surface area contributed by atoms with Gasteiger partial charge in [-0.05, 0) is 13.3 Å². The Morgan fingerprint density at radius 2 is 2.30 bits per heavy atom. The fourth-order valence-corrected chi connectivity index (χ4v) is 0.406. The summed E-state index contributed by atoms with van der Waals surface area (Å²) >= 11 is 0. The summed E-state index contributed by atoms with van der Waals surface area (Å²) in [4.78, 5) is 9.90. The quantitative estimate of drug-likeness (QED) is 0.463. The Labute approximate surface area is 60.3 Å². The van der Waals surface area contributed by atoms with E-state index in [-0.39, 0.29) is 6.61 Å². The molecule has 0 unspecified atom stereocenters. The van der Waals surface area contributed by atoms with Gasteiger partial charge in [-0.15, -0.1) is 6.58 Å². The third-order valence-electron chi connectivity index (χ3n) is 0.899. The first-order chi connectivity index (χ1) is 4.63. The van der Waals surface area contributed by atoms with E-state index < -0.39 is 5.97 Å². The molecule has 0 aromatic rings. The van der Waals surface area contributed by atoms with E-state index in [1.165, 1.54) is 0 Å². The van der Waals surface area contributed by atoms with Crippen LogP contribution in [0.15, 0.2) is 12.2 Å². The minimum atomic E-state index is -0.929. The van der Waals surface area contributed by atoms with Crippen molar-refractivity contribution in [2.75, 3.05) is 13.2 Å². The van der Waals surface area contributed by atoms with Gasteiger partial charge >= 0.3 is 5.97 Å². The number of hydrogen-bond donors (Lipinski definition) is 1. The van der Waals surface area contributed by atoms with E-state index in [0.29, 0.717) is 6.61 Å². The number of carbonyl (C=O) groups is 1. The van der Waals surface area contributed by atoms with Crippen molar-refractivity contribution < 1.29 is 14.6 Å². The molecule has 0 saturated heterocycles. The maximum atomic E-state index is 9.90. The molecular formula is C7H12O3. The average molecular weight is 144 g/mol. The Hall–Kier alpha value is -0.830. The smallest absolute Gasteiger partial charge is 0.329 e. The molecule has 0 aliphatic heterocycles. The molecule has 0 saturated carbocycles. The highest BCUT2D eigenvalue weighted by Crippen LogP contribution is 1.94. The molecule has 0 heterocycles. The average Bonchev–Trinajstić information content (AvgIpc) is 1.79. The Kier molecular flexibility index (Phi) is 4.58. The molecule has 0 spiro atoms. The summed E-state index contributed by atoms with van der Waals surface area (Å²) in [5.41, 5.74) is 1.00. The number of carboxylic acids is 1. The van der Waals surface area contributed by atoms with Gasteiger partial charge in [0.25, 0.3) is 0 Å². The minimum Gasteiger partial charge on any atom is -0.480 e. The van der Waals surface area contributed by atoms with Crippen molar-refractivity contribution >= 4 is 5.97 Å². The summed E-state index contributed by atoms with van der Waals surface area (Å²) in [6.07, 6.45) is 0.729. The van der Waals surface area contributed by atoms with Gasteiger partial charge in [0.2, 0.25) is 0 Å². The van der Waals surface area contributed by atoms with E-state index in [4.69, 9.17) is 9.84 Å². The van der Waals surface area contributed by atoms with Crippen molar-refractivity contribution in [1.82, 2.24) is 0 Å². The summed E-state index contributed by atoms with van der Waals surface area (Å²) in [7, 11) is 0. The lowest BCUT2D eigenvalue weighted by Crippen LogP contribution is -2.07. The summed E-state index contributed by atoms with van der Waals surface area (Å²) in [6, 6.07) is 0. The van der Waals surface area contributed by atoms with Crippen molar-refractivity contribution in [3.05, 3.63) is 12.2 Å². The summed E-state index contributed by atoms with van der Waals surface area (Å²) in [5, 5.41) is 8.13. The number of ether oxygens (including phenoxy) is 1. The SMILES string of the molecule is C=C(C)CCOCC(=O)O. The molecule has 0 amide bonds. The predicted molar refractivity (Wildman–Crippen MR) is 37.9 cm³/mol. The molecule has 0 bridgehead atoms. The second-order valence-electron chi connectivity index (χ2n) is 2.15. The molecule has 1 N–H and O–H groups in total. The second-order valence-corrected chi connectivity index (χ2v) is 2.15. The van der Waals surface area contributed by atoms with Gasteiger partial charge < -0.3 is 9.84 Å². The molecule has 58 valence electrons. The first-order valence-corrected chi connectivity index (χ1v) is 3.07. The van der Waals surface area contributed by atoms with Crippen LogP contribution in [0.1, 0.15) is 13.3 Å². The fraction of sp³-hybridized carbons (Fsp3) is 0.571. The van der Waals surface area contributed by atoms with Crippen molar-refractivity contribution in [1.29, 1.82) is 0 Å². The fourth-order valence-electron chi connectivity index (χ4n) is 0.406. The third kappa shape index (κ3) is 7.17. The second kappa shape index (κ2) is 4.99. The molecule has 0 aliphatic rings. The van der Waals surface area contributed by atoms with Gasteiger partial charge in [-0.1, -0.05) is 5.57 Å². The Bertz CT molecular complexity index is 113. The zero-order chi connectivity index (χ0) is 7.98. The number of rotatable bonds is 5. The predicted octanol–water partition coefficient (Wildman–Crippen LogP) is 1.05. The molecule has 0 rings (SSSR count). The van der Waals surface area contributed by atoms with Crippen LogP contribution >= 0.6 is 0 Å². The summed E-state index contributed by atoms with van der Waals surface area (Å²) in [5.74, 6) is -0.929. The Morgan fingerprint density at radius 3 is 2.70 bits per heavy atom. The van der Waals surface area contributed by atoms with E-state index in [1.54, 1.807) is 0 Å². The molecule has 10 heavy (non-hydrogen) atoms. The highest BCUT2D eigenvalue weighted by Gasteiger charge is 1.94. The lowest BCUT2D eigenvalue weighted by Gasteiger charge is -1.98. The van der Waals surface area contributed by atoms with Crippen LogP contribution in [0.3, 0.4) is 0 Å². The van der Waals surface area contributed by atoms with Gasteiger partial charge in [-0.2, -0.15) is 0 Å². The lowest BCUT2D eigenvalue weighted by atomic mass is 10.3. The van der Waals surface area contributed by atoms with Gasteiger partial charge in [0, 0.05) is 0 Å². The summed E-state index contributed by atoms with van der Waals surface area (Å²) in [6.45, 7) is 5.75. The number of hydrogen-bond acceptors (Lipinski definition) is 2. The van der Waals surface area contributed by atoms with Gasteiger partial charge in [0.1, 0.15) is 6.61 Å². The van der Waals surface area contributed by atoms with E-state index in [1.807, 2.05) is 6.92 Å². The van der Waals surface area contributed by atoms with Crippen molar-refractivity contribution in [2.45, 2.75) is 13.3 Å². The van der Waals surface area contributed by atoms with Crippen LogP contribution < -0.4 is 0 Å². The normalized spacial score (nSPS) is 9.30.